The van der Waals surface area contributed by atoms with Crippen LogP contribution in [0.5, 0.6) is 0 Å². The molecule has 0 saturated heterocycles. The highest BCUT2D eigenvalue weighted by Gasteiger charge is 2.32. The fraction of sp³-hybridized carbons (Fsp3) is 0.308. The van der Waals surface area contributed by atoms with Gasteiger partial charge in [-0.3, -0.25) is 4.79 Å². The van der Waals surface area contributed by atoms with Gasteiger partial charge < -0.3 is 10.6 Å². The van der Waals surface area contributed by atoms with Crippen molar-refractivity contribution in [2.45, 2.75) is 6.18 Å². The monoisotopic (exact) mass is 288 g/mol. The SMILES string of the molecule is CN(CC(F)(F)F)C(=O)c1ccc(C#CCN)cc1F. The van der Waals surface area contributed by atoms with Gasteiger partial charge >= 0.3 is 6.18 Å². The lowest BCUT2D eigenvalue weighted by Crippen LogP contribution is -2.36. The lowest BCUT2D eigenvalue weighted by molar-refractivity contribution is -0.138. The van der Waals surface area contributed by atoms with E-state index in [1.807, 2.05) is 0 Å². The quantitative estimate of drug-likeness (QED) is 0.666. The van der Waals surface area contributed by atoms with Gasteiger partial charge in [0.2, 0.25) is 0 Å². The van der Waals surface area contributed by atoms with E-state index in [1.165, 1.54) is 6.07 Å². The summed E-state index contributed by atoms with van der Waals surface area (Å²) in [6.07, 6.45) is -4.53. The molecule has 0 aromatic heterocycles. The standard InChI is InChI=1S/C13H12F4N2O/c1-19(8-13(15,16)17)12(20)10-5-4-9(3-2-6-18)7-11(10)14/h4-5,7H,6,8,18H2,1H3. The molecule has 0 radical (unpaired) electrons. The Morgan fingerprint density at radius 3 is 2.55 bits per heavy atom. The highest BCUT2D eigenvalue weighted by Crippen LogP contribution is 2.18. The van der Waals surface area contributed by atoms with E-state index < -0.39 is 30.0 Å². The van der Waals surface area contributed by atoms with Crippen molar-refractivity contribution in [2.75, 3.05) is 20.1 Å². The summed E-state index contributed by atoms with van der Waals surface area (Å²) in [6.45, 7) is -1.35. The van der Waals surface area contributed by atoms with E-state index in [9.17, 15) is 22.4 Å². The maximum absolute atomic E-state index is 13.7. The van der Waals surface area contributed by atoms with Gasteiger partial charge in [0, 0.05) is 12.6 Å². The van der Waals surface area contributed by atoms with Crippen LogP contribution in [0.2, 0.25) is 0 Å². The molecule has 0 aliphatic rings. The Morgan fingerprint density at radius 1 is 1.40 bits per heavy atom. The Morgan fingerprint density at radius 2 is 2.05 bits per heavy atom. The van der Waals surface area contributed by atoms with Gasteiger partial charge in [0.25, 0.3) is 5.91 Å². The van der Waals surface area contributed by atoms with Gasteiger partial charge in [0.05, 0.1) is 12.1 Å². The van der Waals surface area contributed by atoms with Crippen LogP contribution in [0.15, 0.2) is 18.2 Å². The van der Waals surface area contributed by atoms with Crippen molar-refractivity contribution in [3.63, 3.8) is 0 Å². The van der Waals surface area contributed by atoms with Crippen LogP contribution >= 0.6 is 0 Å². The second-order valence-electron chi connectivity index (χ2n) is 3.98. The fourth-order valence-corrected chi connectivity index (χ4v) is 1.47. The number of hydrogen-bond acceptors (Lipinski definition) is 2. The van der Waals surface area contributed by atoms with Crippen molar-refractivity contribution in [1.82, 2.24) is 4.90 Å². The van der Waals surface area contributed by atoms with Crippen molar-refractivity contribution in [3.05, 3.63) is 35.1 Å². The van der Waals surface area contributed by atoms with Crippen LogP contribution in [0, 0.1) is 17.7 Å². The molecule has 0 heterocycles. The summed E-state index contributed by atoms with van der Waals surface area (Å²) >= 11 is 0. The lowest BCUT2D eigenvalue weighted by atomic mass is 10.1. The third-order valence-electron chi connectivity index (χ3n) is 2.30. The Labute approximate surface area is 113 Å². The Bertz CT molecular complexity index is 558. The van der Waals surface area contributed by atoms with Crippen molar-refractivity contribution in [2.24, 2.45) is 5.73 Å². The summed E-state index contributed by atoms with van der Waals surface area (Å²) in [6, 6.07) is 3.43. The maximum Gasteiger partial charge on any atom is 0.406 e. The summed E-state index contributed by atoms with van der Waals surface area (Å²) in [5.41, 5.74) is 5.02. The molecule has 1 amide bonds. The summed E-state index contributed by atoms with van der Waals surface area (Å²) in [5.74, 6) is 3.09. The number of alkyl halides is 3. The molecule has 7 heteroatoms. The molecule has 0 fully saturated rings. The van der Waals surface area contributed by atoms with Gasteiger partial charge in [0.15, 0.2) is 0 Å². The number of amides is 1. The van der Waals surface area contributed by atoms with Crippen LogP contribution in [-0.4, -0.2) is 37.1 Å². The van der Waals surface area contributed by atoms with Crippen LogP contribution in [0.4, 0.5) is 17.6 Å². The minimum absolute atomic E-state index is 0.0939. The average Bonchev–Trinajstić information content (AvgIpc) is 2.33. The summed E-state index contributed by atoms with van der Waals surface area (Å²) in [5, 5.41) is 0. The number of nitrogens with zero attached hydrogens (tertiary/aromatic N) is 1. The third-order valence-corrected chi connectivity index (χ3v) is 2.30. The van der Waals surface area contributed by atoms with Gasteiger partial charge in [-0.15, -0.1) is 0 Å². The highest BCUT2D eigenvalue weighted by atomic mass is 19.4. The molecule has 0 spiro atoms. The molecular weight excluding hydrogens is 276 g/mol. The molecule has 1 aromatic carbocycles. The molecule has 1 rings (SSSR count). The van der Waals surface area contributed by atoms with Crippen LogP contribution < -0.4 is 5.73 Å². The number of rotatable bonds is 2. The number of carbonyl (C=O) groups excluding carboxylic acids is 1. The van der Waals surface area contributed by atoms with Crippen LogP contribution in [-0.2, 0) is 0 Å². The smallest absolute Gasteiger partial charge is 0.333 e. The van der Waals surface area contributed by atoms with E-state index in [0.717, 1.165) is 19.2 Å². The summed E-state index contributed by atoms with van der Waals surface area (Å²) in [4.78, 5) is 12.1. The van der Waals surface area contributed by atoms with Gasteiger partial charge in [-0.1, -0.05) is 11.8 Å². The molecule has 3 nitrogen and oxygen atoms in total. The first-order valence-corrected chi connectivity index (χ1v) is 5.55. The third kappa shape index (κ3) is 4.55. The van der Waals surface area contributed by atoms with E-state index in [1.54, 1.807) is 0 Å². The topological polar surface area (TPSA) is 46.3 Å². The second kappa shape index (κ2) is 6.39. The van der Waals surface area contributed by atoms with E-state index >= 15 is 0 Å². The molecule has 0 atom stereocenters. The van der Waals surface area contributed by atoms with Gasteiger partial charge in [-0.25, -0.2) is 4.39 Å². The summed E-state index contributed by atoms with van der Waals surface area (Å²) < 4.78 is 50.2. The molecule has 0 bridgehead atoms. The van der Waals surface area contributed by atoms with Crippen LogP contribution in [0.3, 0.4) is 0 Å². The molecule has 20 heavy (non-hydrogen) atoms. The van der Waals surface area contributed by atoms with E-state index in [-0.39, 0.29) is 6.54 Å². The maximum atomic E-state index is 13.7. The number of hydrogen-bond donors (Lipinski definition) is 1. The molecule has 1 aromatic rings. The minimum Gasteiger partial charge on any atom is -0.333 e. The summed E-state index contributed by atoms with van der Waals surface area (Å²) in [7, 11) is 0.956. The number of benzene rings is 1. The number of halogens is 4. The van der Waals surface area contributed by atoms with Gasteiger partial charge in [-0.05, 0) is 18.2 Å². The fourth-order valence-electron chi connectivity index (χ4n) is 1.47. The first kappa shape index (κ1) is 16.0. The molecule has 108 valence electrons. The first-order valence-electron chi connectivity index (χ1n) is 5.55. The predicted octanol–water partition coefficient (Wildman–Crippen LogP) is 1.77. The zero-order chi connectivity index (χ0) is 15.3. The highest BCUT2D eigenvalue weighted by molar-refractivity contribution is 5.94. The Balaban J connectivity index is 2.94. The Kier molecular flexibility index (Phi) is 5.11. The molecular formula is C13H12F4N2O. The normalized spacial score (nSPS) is 10.7. The second-order valence-corrected chi connectivity index (χ2v) is 3.98. The number of nitrogens with two attached hydrogens (primary N) is 1. The van der Waals surface area contributed by atoms with Crippen LogP contribution in [0.25, 0.3) is 0 Å². The van der Waals surface area contributed by atoms with E-state index in [4.69, 9.17) is 5.73 Å². The van der Waals surface area contributed by atoms with Gasteiger partial charge in [0.1, 0.15) is 12.4 Å². The van der Waals surface area contributed by atoms with Crippen molar-refractivity contribution < 1.29 is 22.4 Å². The molecule has 0 unspecified atom stereocenters. The molecule has 0 aliphatic carbocycles. The van der Waals surface area contributed by atoms with E-state index in [2.05, 4.69) is 11.8 Å². The van der Waals surface area contributed by atoms with Crippen molar-refractivity contribution in [3.8, 4) is 11.8 Å². The van der Waals surface area contributed by atoms with Crippen LogP contribution in [0.1, 0.15) is 15.9 Å². The number of carbonyl (C=O) groups is 1. The van der Waals surface area contributed by atoms with Gasteiger partial charge in [-0.2, -0.15) is 13.2 Å². The average molecular weight is 288 g/mol. The minimum atomic E-state index is -4.53. The zero-order valence-corrected chi connectivity index (χ0v) is 10.6. The first-order chi connectivity index (χ1) is 9.24. The molecule has 2 N–H and O–H groups in total. The van der Waals surface area contributed by atoms with E-state index in [0.29, 0.717) is 10.5 Å². The lowest BCUT2D eigenvalue weighted by Gasteiger charge is -2.19. The Hall–Kier alpha value is -2.07. The zero-order valence-electron chi connectivity index (χ0n) is 10.6. The molecule has 0 saturated carbocycles. The van der Waals surface area contributed by atoms with Crippen molar-refractivity contribution in [1.29, 1.82) is 0 Å². The van der Waals surface area contributed by atoms with Crippen molar-refractivity contribution >= 4 is 5.91 Å². The largest absolute Gasteiger partial charge is 0.406 e. The molecule has 0 aliphatic heterocycles. The predicted molar refractivity (Wildman–Crippen MR) is 65.3 cm³/mol.